The Bertz CT molecular complexity index is 815. The Morgan fingerprint density at radius 1 is 1.04 bits per heavy atom. The number of aliphatic hydroxyl groups excluding tert-OH is 1. The van der Waals surface area contributed by atoms with Crippen LogP contribution in [0, 0.1) is 0 Å². The van der Waals surface area contributed by atoms with Crippen molar-refractivity contribution in [3.8, 4) is 5.75 Å². The highest BCUT2D eigenvalue weighted by molar-refractivity contribution is 6.09. The Morgan fingerprint density at radius 2 is 1.71 bits per heavy atom. The van der Waals surface area contributed by atoms with E-state index in [9.17, 15) is 9.59 Å². The molecule has 1 fully saturated rings. The largest absolute Gasteiger partial charge is 0.497 e. The van der Waals surface area contributed by atoms with E-state index in [1.165, 1.54) is 0 Å². The van der Waals surface area contributed by atoms with Gasteiger partial charge in [0.25, 0.3) is 11.8 Å². The standard InChI is InChI=1S/C21H25N3O4/c1-28-17-8-6-16(7-9-17)20(26)22-19-5-3-2-4-18(19)21(27)24-12-10-23(11-13-24)14-15-25/h2-9,25H,10-15H2,1H3,(H,22,26). The van der Waals surface area contributed by atoms with E-state index in [0.29, 0.717) is 42.2 Å². The number of nitrogens with one attached hydrogen (secondary N) is 1. The zero-order valence-electron chi connectivity index (χ0n) is 15.9. The number of anilines is 1. The number of carbonyl (C=O) groups is 2. The van der Waals surface area contributed by atoms with Crippen LogP contribution in [0.2, 0.25) is 0 Å². The fourth-order valence-electron chi connectivity index (χ4n) is 3.20. The number of hydrogen-bond donors (Lipinski definition) is 2. The van der Waals surface area contributed by atoms with Crippen LogP contribution < -0.4 is 10.1 Å². The smallest absolute Gasteiger partial charge is 0.256 e. The summed E-state index contributed by atoms with van der Waals surface area (Å²) >= 11 is 0. The SMILES string of the molecule is COc1ccc(C(=O)Nc2ccccc2C(=O)N2CCN(CCO)CC2)cc1. The third-order valence-electron chi connectivity index (χ3n) is 4.83. The quantitative estimate of drug-likeness (QED) is 0.793. The lowest BCUT2D eigenvalue weighted by molar-refractivity contribution is 0.0616. The number of ether oxygens (including phenoxy) is 1. The predicted molar refractivity (Wildman–Crippen MR) is 107 cm³/mol. The van der Waals surface area contributed by atoms with Crippen molar-refractivity contribution in [1.29, 1.82) is 0 Å². The number of carbonyl (C=O) groups excluding carboxylic acids is 2. The van der Waals surface area contributed by atoms with Gasteiger partial charge >= 0.3 is 0 Å². The molecule has 1 saturated heterocycles. The topological polar surface area (TPSA) is 82.1 Å². The number of para-hydroxylation sites is 1. The van der Waals surface area contributed by atoms with E-state index < -0.39 is 0 Å². The molecule has 0 spiro atoms. The number of benzene rings is 2. The highest BCUT2D eigenvalue weighted by Crippen LogP contribution is 2.20. The van der Waals surface area contributed by atoms with Crippen molar-refractivity contribution in [2.75, 3.05) is 51.8 Å². The van der Waals surface area contributed by atoms with Gasteiger partial charge in [-0.3, -0.25) is 14.5 Å². The number of hydrogen-bond acceptors (Lipinski definition) is 5. The van der Waals surface area contributed by atoms with Gasteiger partial charge in [-0.2, -0.15) is 0 Å². The zero-order valence-corrected chi connectivity index (χ0v) is 15.9. The summed E-state index contributed by atoms with van der Waals surface area (Å²) < 4.78 is 5.11. The molecule has 7 nitrogen and oxygen atoms in total. The first-order valence-corrected chi connectivity index (χ1v) is 9.29. The van der Waals surface area contributed by atoms with Gasteiger partial charge in [-0.25, -0.2) is 0 Å². The molecule has 0 atom stereocenters. The summed E-state index contributed by atoms with van der Waals surface area (Å²) in [6.45, 7) is 3.39. The maximum Gasteiger partial charge on any atom is 0.256 e. The van der Waals surface area contributed by atoms with Gasteiger partial charge in [-0.1, -0.05) is 12.1 Å². The number of methoxy groups -OCH3 is 1. The second kappa shape index (κ2) is 9.34. The molecule has 1 heterocycles. The lowest BCUT2D eigenvalue weighted by atomic mass is 10.1. The van der Waals surface area contributed by atoms with Gasteiger partial charge < -0.3 is 20.1 Å². The number of nitrogens with zero attached hydrogens (tertiary/aromatic N) is 2. The average Bonchev–Trinajstić information content (AvgIpc) is 2.74. The Kier molecular flexibility index (Phi) is 6.62. The third-order valence-corrected chi connectivity index (χ3v) is 4.83. The molecule has 2 aromatic rings. The van der Waals surface area contributed by atoms with Crippen LogP contribution in [0.3, 0.4) is 0 Å². The normalized spacial score (nSPS) is 14.6. The first-order valence-electron chi connectivity index (χ1n) is 9.29. The number of aliphatic hydroxyl groups is 1. The predicted octanol–water partition coefficient (Wildman–Crippen LogP) is 1.70. The van der Waals surface area contributed by atoms with Crippen molar-refractivity contribution in [2.24, 2.45) is 0 Å². The van der Waals surface area contributed by atoms with E-state index in [0.717, 1.165) is 13.1 Å². The van der Waals surface area contributed by atoms with Crippen LogP contribution in [0.25, 0.3) is 0 Å². The monoisotopic (exact) mass is 383 g/mol. The molecule has 2 amide bonds. The van der Waals surface area contributed by atoms with Crippen LogP contribution in [0.15, 0.2) is 48.5 Å². The van der Waals surface area contributed by atoms with Crippen molar-refractivity contribution in [2.45, 2.75) is 0 Å². The van der Waals surface area contributed by atoms with Crippen LogP contribution in [0.5, 0.6) is 5.75 Å². The molecule has 3 rings (SSSR count). The number of rotatable bonds is 6. The van der Waals surface area contributed by atoms with Crippen LogP contribution in [0.1, 0.15) is 20.7 Å². The van der Waals surface area contributed by atoms with Gasteiger partial charge in [0.1, 0.15) is 5.75 Å². The van der Waals surface area contributed by atoms with Crippen LogP contribution in [0.4, 0.5) is 5.69 Å². The molecule has 2 N–H and O–H groups in total. The van der Waals surface area contributed by atoms with Gasteiger partial charge in [0.2, 0.25) is 0 Å². The summed E-state index contributed by atoms with van der Waals surface area (Å²) in [5.41, 5.74) is 1.45. The minimum atomic E-state index is -0.282. The van der Waals surface area contributed by atoms with Gasteiger partial charge in [0.15, 0.2) is 0 Å². The van der Waals surface area contributed by atoms with Gasteiger partial charge in [-0.05, 0) is 36.4 Å². The van der Waals surface area contributed by atoms with E-state index in [1.807, 2.05) is 0 Å². The summed E-state index contributed by atoms with van der Waals surface area (Å²) in [5, 5.41) is 11.9. The maximum absolute atomic E-state index is 13.0. The molecule has 1 aliphatic rings. The molecule has 0 unspecified atom stereocenters. The zero-order chi connectivity index (χ0) is 19.9. The van der Waals surface area contributed by atoms with Crippen LogP contribution >= 0.6 is 0 Å². The highest BCUT2D eigenvalue weighted by atomic mass is 16.5. The fourth-order valence-corrected chi connectivity index (χ4v) is 3.20. The Labute approximate surface area is 164 Å². The highest BCUT2D eigenvalue weighted by Gasteiger charge is 2.24. The molecule has 0 aromatic heterocycles. The first kappa shape index (κ1) is 19.9. The lowest BCUT2D eigenvalue weighted by Gasteiger charge is -2.34. The van der Waals surface area contributed by atoms with Crippen molar-refractivity contribution in [3.05, 3.63) is 59.7 Å². The van der Waals surface area contributed by atoms with Crippen molar-refractivity contribution < 1.29 is 19.4 Å². The number of β-amino-alcohol motifs (C(OH)–C–C–N with tert-alkyl or cyclic N) is 1. The average molecular weight is 383 g/mol. The Balaban J connectivity index is 1.70. The Morgan fingerprint density at radius 3 is 2.36 bits per heavy atom. The molecule has 0 radical (unpaired) electrons. The van der Waals surface area contributed by atoms with Crippen molar-refractivity contribution in [1.82, 2.24) is 9.80 Å². The minimum Gasteiger partial charge on any atom is -0.497 e. The summed E-state index contributed by atoms with van der Waals surface area (Å²) in [6, 6.07) is 13.8. The van der Waals surface area contributed by atoms with E-state index in [1.54, 1.807) is 60.5 Å². The fraction of sp³-hybridized carbons (Fsp3) is 0.333. The molecule has 148 valence electrons. The van der Waals surface area contributed by atoms with E-state index in [-0.39, 0.29) is 18.4 Å². The second-order valence-electron chi connectivity index (χ2n) is 6.59. The summed E-state index contributed by atoms with van der Waals surface area (Å²) in [7, 11) is 1.57. The first-order chi connectivity index (χ1) is 13.6. The molecule has 0 bridgehead atoms. The van der Waals surface area contributed by atoms with E-state index in [4.69, 9.17) is 9.84 Å². The minimum absolute atomic E-state index is 0.103. The molecule has 2 aromatic carbocycles. The molecule has 7 heteroatoms. The Hall–Kier alpha value is -2.90. The van der Waals surface area contributed by atoms with Gasteiger partial charge in [0, 0.05) is 38.3 Å². The van der Waals surface area contributed by atoms with E-state index >= 15 is 0 Å². The molecular formula is C21H25N3O4. The second-order valence-corrected chi connectivity index (χ2v) is 6.59. The summed E-state index contributed by atoms with van der Waals surface area (Å²) in [5.74, 6) is 0.289. The molecule has 0 saturated carbocycles. The molecule has 1 aliphatic heterocycles. The molecular weight excluding hydrogens is 358 g/mol. The molecule has 0 aliphatic carbocycles. The van der Waals surface area contributed by atoms with Crippen LogP contribution in [-0.2, 0) is 0 Å². The number of piperazine rings is 1. The number of amides is 2. The van der Waals surface area contributed by atoms with Crippen molar-refractivity contribution in [3.63, 3.8) is 0 Å². The lowest BCUT2D eigenvalue weighted by Crippen LogP contribution is -2.49. The van der Waals surface area contributed by atoms with E-state index in [2.05, 4.69) is 10.2 Å². The maximum atomic E-state index is 13.0. The third kappa shape index (κ3) is 4.68. The van der Waals surface area contributed by atoms with Crippen LogP contribution in [-0.4, -0.2) is 73.2 Å². The summed E-state index contributed by atoms with van der Waals surface area (Å²) in [4.78, 5) is 29.5. The van der Waals surface area contributed by atoms with Gasteiger partial charge in [-0.15, -0.1) is 0 Å². The van der Waals surface area contributed by atoms with Crippen molar-refractivity contribution >= 4 is 17.5 Å². The van der Waals surface area contributed by atoms with Gasteiger partial charge in [0.05, 0.1) is 25.0 Å². The summed E-state index contributed by atoms with van der Waals surface area (Å²) in [6.07, 6.45) is 0. The molecule has 28 heavy (non-hydrogen) atoms.